The number of nitriles is 1. The number of hydrogen-bond donors (Lipinski definition) is 1. The summed E-state index contributed by atoms with van der Waals surface area (Å²) < 4.78 is 46.6. The smallest absolute Gasteiger partial charge is 0.404 e. The van der Waals surface area contributed by atoms with E-state index in [2.05, 4.69) is 10.1 Å². The molecule has 11 heteroatoms. The Bertz CT molecular complexity index is 895. The van der Waals surface area contributed by atoms with Crippen LogP contribution < -0.4 is 10.1 Å². The molecule has 1 aromatic rings. The molecule has 160 valence electrons. The number of amides is 3. The highest BCUT2D eigenvalue weighted by atomic mass is 19.4. The van der Waals surface area contributed by atoms with Gasteiger partial charge in [0, 0.05) is 32.1 Å². The zero-order chi connectivity index (χ0) is 21.5. The van der Waals surface area contributed by atoms with Crippen molar-refractivity contribution in [2.45, 2.75) is 30.8 Å². The van der Waals surface area contributed by atoms with Gasteiger partial charge in [0.25, 0.3) is 0 Å². The first-order chi connectivity index (χ1) is 14.2. The summed E-state index contributed by atoms with van der Waals surface area (Å²) in [7, 11) is 0. The average Bonchev–Trinajstić information content (AvgIpc) is 2.66. The number of piperidine rings is 1. The summed E-state index contributed by atoms with van der Waals surface area (Å²) in [5.74, 6) is -0.808. The molecule has 2 atom stereocenters. The lowest BCUT2D eigenvalue weighted by atomic mass is 9.90. The van der Waals surface area contributed by atoms with Crippen LogP contribution in [0.15, 0.2) is 18.2 Å². The van der Waals surface area contributed by atoms with Crippen LogP contribution >= 0.6 is 0 Å². The summed E-state index contributed by atoms with van der Waals surface area (Å²) in [6.07, 6.45) is -4.32. The molecule has 0 radical (unpaired) electrons. The second-order valence-corrected chi connectivity index (χ2v) is 7.56. The van der Waals surface area contributed by atoms with Crippen LogP contribution in [0.1, 0.15) is 23.5 Å². The average molecular weight is 424 g/mol. The summed E-state index contributed by atoms with van der Waals surface area (Å²) in [5, 5.41) is 12.0. The normalized spacial score (nSPS) is 24.4. The van der Waals surface area contributed by atoms with E-state index >= 15 is 0 Å². The Kier molecular flexibility index (Phi) is 5.19. The third-order valence-corrected chi connectivity index (χ3v) is 5.57. The number of nitrogens with one attached hydrogen (secondary N) is 1. The van der Waals surface area contributed by atoms with Gasteiger partial charge in [-0.05, 0) is 24.1 Å². The standard InChI is InChI=1S/C19H19F3N4O4/c20-19(21,22)30-15-2-1-11(5-12(15)6-23)13-7-26(8-13)18(28)25-4-3-16-14(9-25)24-17(27)10-29-16/h1-2,5,13-14,16H,3-4,7-10H2,(H,24,27)/t14-,16+/m1/s1. The van der Waals surface area contributed by atoms with Gasteiger partial charge < -0.3 is 24.6 Å². The number of likely N-dealkylation sites (tertiary alicyclic amines) is 2. The summed E-state index contributed by atoms with van der Waals surface area (Å²) in [6.45, 7) is 1.74. The monoisotopic (exact) mass is 424 g/mol. The maximum atomic E-state index is 12.7. The van der Waals surface area contributed by atoms with Crippen LogP contribution in [-0.4, -0.2) is 73.0 Å². The fraction of sp³-hybridized carbons (Fsp3) is 0.526. The SMILES string of the molecule is N#Cc1cc(C2CN(C(=O)N3CC[C@@H]4OCC(=O)N[C@@H]4C3)C2)ccc1OC(F)(F)F. The quantitative estimate of drug-likeness (QED) is 0.778. The molecule has 0 bridgehead atoms. The lowest BCUT2D eigenvalue weighted by molar-refractivity contribution is -0.274. The van der Waals surface area contributed by atoms with Crippen LogP contribution in [0.25, 0.3) is 0 Å². The molecule has 3 fully saturated rings. The molecular formula is C19H19F3N4O4. The van der Waals surface area contributed by atoms with Crippen molar-refractivity contribution >= 4 is 11.9 Å². The van der Waals surface area contributed by atoms with Crippen molar-refractivity contribution in [2.24, 2.45) is 0 Å². The molecule has 3 amide bonds. The van der Waals surface area contributed by atoms with Crippen LogP contribution in [0.4, 0.5) is 18.0 Å². The van der Waals surface area contributed by atoms with Crippen molar-refractivity contribution in [3.05, 3.63) is 29.3 Å². The number of morpholine rings is 1. The number of carbonyl (C=O) groups is 2. The number of urea groups is 1. The molecule has 8 nitrogen and oxygen atoms in total. The maximum absolute atomic E-state index is 12.7. The first kappa shape index (κ1) is 20.3. The Balaban J connectivity index is 1.35. The second-order valence-electron chi connectivity index (χ2n) is 7.56. The lowest BCUT2D eigenvalue weighted by Gasteiger charge is -2.46. The minimum absolute atomic E-state index is 0.0421. The van der Waals surface area contributed by atoms with Crippen LogP contribution in [0, 0.1) is 11.3 Å². The Labute approximate surface area is 170 Å². The minimum Gasteiger partial charge on any atom is -0.404 e. The molecule has 1 aromatic carbocycles. The Hall–Kier alpha value is -3.00. The van der Waals surface area contributed by atoms with E-state index in [1.54, 1.807) is 15.9 Å². The van der Waals surface area contributed by atoms with Crippen molar-refractivity contribution < 1.29 is 32.2 Å². The summed E-state index contributed by atoms with van der Waals surface area (Å²) in [5.41, 5.74) is 0.474. The lowest BCUT2D eigenvalue weighted by Crippen LogP contribution is -2.63. The molecule has 4 rings (SSSR count). The molecule has 30 heavy (non-hydrogen) atoms. The number of fused-ring (bicyclic) bond motifs is 1. The molecule has 3 aliphatic rings. The highest BCUT2D eigenvalue weighted by Gasteiger charge is 2.40. The van der Waals surface area contributed by atoms with E-state index in [-0.39, 0.29) is 42.2 Å². The van der Waals surface area contributed by atoms with E-state index in [4.69, 9.17) is 10.00 Å². The van der Waals surface area contributed by atoms with Crippen molar-refractivity contribution in [2.75, 3.05) is 32.8 Å². The highest BCUT2D eigenvalue weighted by Crippen LogP contribution is 2.33. The molecule has 0 spiro atoms. The number of hydrogen-bond acceptors (Lipinski definition) is 5. The van der Waals surface area contributed by atoms with Crippen LogP contribution in [-0.2, 0) is 9.53 Å². The Morgan fingerprint density at radius 3 is 2.73 bits per heavy atom. The maximum Gasteiger partial charge on any atom is 0.573 e. The van der Waals surface area contributed by atoms with Gasteiger partial charge in [-0.3, -0.25) is 4.79 Å². The summed E-state index contributed by atoms with van der Waals surface area (Å²) >= 11 is 0. The van der Waals surface area contributed by atoms with Gasteiger partial charge >= 0.3 is 12.4 Å². The van der Waals surface area contributed by atoms with Gasteiger partial charge in [0.05, 0.1) is 17.7 Å². The zero-order valence-corrected chi connectivity index (χ0v) is 15.8. The van der Waals surface area contributed by atoms with E-state index in [0.717, 1.165) is 6.07 Å². The minimum atomic E-state index is -4.87. The topological polar surface area (TPSA) is 94.9 Å². The molecule has 3 aliphatic heterocycles. The van der Waals surface area contributed by atoms with Crippen molar-refractivity contribution in [3.8, 4) is 11.8 Å². The molecule has 0 unspecified atom stereocenters. The van der Waals surface area contributed by atoms with E-state index in [0.29, 0.717) is 38.2 Å². The first-order valence-electron chi connectivity index (χ1n) is 9.48. The van der Waals surface area contributed by atoms with Crippen molar-refractivity contribution in [1.82, 2.24) is 15.1 Å². The fourth-order valence-electron chi connectivity index (χ4n) is 4.02. The molecule has 1 N–H and O–H groups in total. The van der Waals surface area contributed by atoms with Crippen LogP contribution in [0.3, 0.4) is 0 Å². The molecule has 3 heterocycles. The number of nitrogens with zero attached hydrogens (tertiary/aromatic N) is 3. The predicted molar refractivity (Wildman–Crippen MR) is 95.4 cm³/mol. The number of alkyl halides is 3. The van der Waals surface area contributed by atoms with E-state index in [1.807, 2.05) is 0 Å². The first-order valence-corrected chi connectivity index (χ1v) is 9.48. The molecule has 3 saturated heterocycles. The summed E-state index contributed by atoms with van der Waals surface area (Å²) in [6, 6.07) is 5.32. The summed E-state index contributed by atoms with van der Waals surface area (Å²) in [4.78, 5) is 27.6. The third kappa shape index (κ3) is 4.14. The van der Waals surface area contributed by atoms with Gasteiger partial charge in [-0.2, -0.15) is 5.26 Å². The predicted octanol–water partition coefficient (Wildman–Crippen LogP) is 1.57. The van der Waals surface area contributed by atoms with E-state index < -0.39 is 12.1 Å². The molecule has 0 saturated carbocycles. The Morgan fingerprint density at radius 2 is 2.03 bits per heavy atom. The van der Waals surface area contributed by atoms with Gasteiger partial charge in [0.2, 0.25) is 5.91 Å². The number of benzene rings is 1. The van der Waals surface area contributed by atoms with Gasteiger partial charge in [-0.25, -0.2) is 4.79 Å². The number of carbonyl (C=O) groups excluding carboxylic acids is 2. The van der Waals surface area contributed by atoms with Gasteiger partial charge in [-0.1, -0.05) is 6.07 Å². The molecule has 0 aromatic heterocycles. The zero-order valence-electron chi connectivity index (χ0n) is 15.8. The number of ether oxygens (including phenoxy) is 2. The Morgan fingerprint density at radius 1 is 1.27 bits per heavy atom. The largest absolute Gasteiger partial charge is 0.573 e. The van der Waals surface area contributed by atoms with Crippen molar-refractivity contribution in [1.29, 1.82) is 5.26 Å². The highest BCUT2D eigenvalue weighted by molar-refractivity contribution is 5.79. The molecular weight excluding hydrogens is 405 g/mol. The van der Waals surface area contributed by atoms with E-state index in [1.165, 1.54) is 12.1 Å². The van der Waals surface area contributed by atoms with Crippen LogP contribution in [0.5, 0.6) is 5.75 Å². The van der Waals surface area contributed by atoms with Gasteiger partial charge in [0.1, 0.15) is 18.4 Å². The van der Waals surface area contributed by atoms with Gasteiger partial charge in [0.15, 0.2) is 0 Å². The number of rotatable bonds is 2. The van der Waals surface area contributed by atoms with Gasteiger partial charge in [-0.15, -0.1) is 13.2 Å². The van der Waals surface area contributed by atoms with E-state index in [9.17, 15) is 22.8 Å². The second kappa shape index (κ2) is 7.68. The fourth-order valence-corrected chi connectivity index (χ4v) is 4.02. The van der Waals surface area contributed by atoms with Crippen LogP contribution in [0.2, 0.25) is 0 Å². The van der Waals surface area contributed by atoms with Crippen molar-refractivity contribution in [3.63, 3.8) is 0 Å². The third-order valence-electron chi connectivity index (χ3n) is 5.57. The molecule has 0 aliphatic carbocycles. The number of halogens is 3.